The fraction of sp³-hybridized carbons (Fsp3) is 0.698. The first-order valence-corrected chi connectivity index (χ1v) is 19.7. The summed E-state index contributed by atoms with van der Waals surface area (Å²) < 4.78 is 0. The summed E-state index contributed by atoms with van der Waals surface area (Å²) in [6.07, 6.45) is 54.4. The van der Waals surface area contributed by atoms with Crippen molar-refractivity contribution < 1.29 is 15.0 Å². The van der Waals surface area contributed by atoms with Crippen LogP contribution in [-0.4, -0.2) is 34.9 Å². The van der Waals surface area contributed by atoms with E-state index in [-0.39, 0.29) is 12.5 Å². The van der Waals surface area contributed by atoms with Crippen molar-refractivity contribution in [2.45, 2.75) is 187 Å². The molecule has 0 aliphatic heterocycles. The van der Waals surface area contributed by atoms with Gasteiger partial charge in [0, 0.05) is 6.42 Å². The van der Waals surface area contributed by atoms with Crippen molar-refractivity contribution in [3.8, 4) is 0 Å². The Morgan fingerprint density at radius 1 is 0.532 bits per heavy atom. The molecular formula is C43H75NO3. The van der Waals surface area contributed by atoms with Crippen molar-refractivity contribution in [2.24, 2.45) is 0 Å². The molecule has 47 heavy (non-hydrogen) atoms. The van der Waals surface area contributed by atoms with Crippen LogP contribution in [-0.2, 0) is 4.79 Å². The molecule has 0 bridgehead atoms. The Morgan fingerprint density at radius 2 is 0.957 bits per heavy atom. The molecule has 0 aliphatic carbocycles. The van der Waals surface area contributed by atoms with Gasteiger partial charge in [-0.25, -0.2) is 0 Å². The van der Waals surface area contributed by atoms with Gasteiger partial charge in [0.2, 0.25) is 5.91 Å². The number of carbonyl (C=O) groups excluding carboxylic acids is 1. The van der Waals surface area contributed by atoms with E-state index in [1.807, 2.05) is 6.08 Å². The average molecular weight is 654 g/mol. The molecule has 4 heteroatoms. The van der Waals surface area contributed by atoms with Gasteiger partial charge in [-0.1, -0.05) is 177 Å². The molecule has 0 rings (SSSR count). The third-order valence-electron chi connectivity index (χ3n) is 8.42. The zero-order chi connectivity index (χ0) is 34.3. The minimum atomic E-state index is -0.861. The molecule has 4 nitrogen and oxygen atoms in total. The van der Waals surface area contributed by atoms with E-state index in [0.717, 1.165) is 57.8 Å². The maximum absolute atomic E-state index is 12.3. The van der Waals surface area contributed by atoms with Gasteiger partial charge in [0.05, 0.1) is 18.8 Å². The van der Waals surface area contributed by atoms with Crippen molar-refractivity contribution in [3.05, 3.63) is 72.9 Å². The molecule has 0 saturated heterocycles. The number of rotatable bonds is 34. The summed E-state index contributed by atoms with van der Waals surface area (Å²) in [5.41, 5.74) is 0. The van der Waals surface area contributed by atoms with E-state index >= 15 is 0 Å². The minimum absolute atomic E-state index is 0.0822. The van der Waals surface area contributed by atoms with Crippen LogP contribution >= 0.6 is 0 Å². The Kier molecular flexibility index (Phi) is 36.5. The Morgan fingerprint density at radius 3 is 1.49 bits per heavy atom. The fourth-order valence-electron chi connectivity index (χ4n) is 5.40. The van der Waals surface area contributed by atoms with E-state index in [1.165, 1.54) is 96.3 Å². The van der Waals surface area contributed by atoms with Crippen LogP contribution in [0.2, 0.25) is 0 Å². The molecule has 0 saturated carbocycles. The van der Waals surface area contributed by atoms with Gasteiger partial charge in [0.1, 0.15) is 0 Å². The lowest BCUT2D eigenvalue weighted by atomic mass is 10.0. The highest BCUT2D eigenvalue weighted by molar-refractivity contribution is 5.76. The molecule has 0 aliphatic rings. The summed E-state index contributed by atoms with van der Waals surface area (Å²) in [4.78, 5) is 12.3. The zero-order valence-electron chi connectivity index (χ0n) is 30.8. The lowest BCUT2D eigenvalue weighted by Gasteiger charge is -2.19. The van der Waals surface area contributed by atoms with Gasteiger partial charge in [-0.05, 0) is 64.2 Å². The lowest BCUT2D eigenvalue weighted by Crippen LogP contribution is -2.45. The maximum Gasteiger partial charge on any atom is 0.220 e. The van der Waals surface area contributed by atoms with Crippen LogP contribution in [0.5, 0.6) is 0 Å². The number of aliphatic hydroxyl groups excluding tert-OH is 2. The second kappa shape index (κ2) is 38.3. The molecule has 0 spiro atoms. The topological polar surface area (TPSA) is 69.6 Å². The van der Waals surface area contributed by atoms with E-state index in [9.17, 15) is 15.0 Å². The minimum Gasteiger partial charge on any atom is -0.394 e. The Bertz CT molecular complexity index is 838. The monoisotopic (exact) mass is 654 g/mol. The van der Waals surface area contributed by atoms with Crippen LogP contribution in [0, 0.1) is 0 Å². The van der Waals surface area contributed by atoms with Gasteiger partial charge >= 0.3 is 0 Å². The molecule has 2 unspecified atom stereocenters. The summed E-state index contributed by atoms with van der Waals surface area (Å²) in [7, 11) is 0. The molecule has 0 fully saturated rings. The van der Waals surface area contributed by atoms with E-state index < -0.39 is 12.1 Å². The van der Waals surface area contributed by atoms with E-state index in [4.69, 9.17) is 0 Å². The molecule has 0 heterocycles. The smallest absolute Gasteiger partial charge is 0.220 e. The van der Waals surface area contributed by atoms with Crippen LogP contribution in [0.3, 0.4) is 0 Å². The van der Waals surface area contributed by atoms with Crippen LogP contribution in [0.25, 0.3) is 0 Å². The highest BCUT2D eigenvalue weighted by Crippen LogP contribution is 2.14. The predicted octanol–water partition coefficient (Wildman–Crippen LogP) is 12.0. The van der Waals surface area contributed by atoms with Crippen molar-refractivity contribution in [1.29, 1.82) is 0 Å². The van der Waals surface area contributed by atoms with Crippen molar-refractivity contribution >= 4 is 5.91 Å². The first kappa shape index (κ1) is 44.8. The zero-order valence-corrected chi connectivity index (χ0v) is 30.8. The summed E-state index contributed by atoms with van der Waals surface area (Å²) in [5, 5.41) is 22.7. The van der Waals surface area contributed by atoms with Crippen LogP contribution in [0.4, 0.5) is 0 Å². The predicted molar refractivity (Wildman–Crippen MR) is 207 cm³/mol. The standard InChI is InChI=1S/C43H75NO3/c1-3-5-7-9-11-13-14-15-16-17-18-19-20-21-22-23-24-25-26-27-28-29-30-31-33-35-37-39-43(47)44-41(40-45)42(46)38-36-34-32-12-10-8-6-4-2/h5,7,10-13,15-16,18-19,36,38,41-42,45-46H,3-4,6,8-9,14,17,20-35,37,39-40H2,1-2H3,(H,44,47)/b7-5-,12-10+,13-11-,16-15-,19-18-,38-36+. The van der Waals surface area contributed by atoms with Gasteiger partial charge in [-0.3, -0.25) is 4.79 Å². The third-order valence-corrected chi connectivity index (χ3v) is 8.42. The Labute approximate surface area is 291 Å². The number of allylic oxidation sites excluding steroid dienone is 11. The molecule has 2 atom stereocenters. The quantitative estimate of drug-likeness (QED) is 0.0478. The number of carbonyl (C=O) groups is 1. The number of aliphatic hydroxyl groups is 2. The highest BCUT2D eigenvalue weighted by atomic mass is 16.3. The van der Waals surface area contributed by atoms with Gasteiger partial charge in [-0.2, -0.15) is 0 Å². The van der Waals surface area contributed by atoms with Crippen molar-refractivity contribution in [1.82, 2.24) is 5.32 Å². The molecule has 0 aromatic rings. The largest absolute Gasteiger partial charge is 0.394 e. The molecule has 3 N–H and O–H groups in total. The van der Waals surface area contributed by atoms with E-state index in [1.54, 1.807) is 6.08 Å². The SMILES string of the molecule is CC/C=C\C/C=C\C/C=C\C/C=C\CCCCCCCCCCCCCCCCC(=O)NC(CO)C(O)/C=C/CC/C=C/CCCC. The highest BCUT2D eigenvalue weighted by Gasteiger charge is 2.17. The van der Waals surface area contributed by atoms with Gasteiger partial charge in [0.25, 0.3) is 0 Å². The molecule has 0 aromatic carbocycles. The van der Waals surface area contributed by atoms with Crippen molar-refractivity contribution in [2.75, 3.05) is 6.61 Å². The van der Waals surface area contributed by atoms with Crippen molar-refractivity contribution in [3.63, 3.8) is 0 Å². The molecule has 0 radical (unpaired) electrons. The Hall–Kier alpha value is -2.17. The number of unbranched alkanes of at least 4 members (excludes halogenated alkanes) is 17. The van der Waals surface area contributed by atoms with Gasteiger partial charge < -0.3 is 15.5 Å². The Balaban J connectivity index is 3.52. The number of amides is 1. The molecular weight excluding hydrogens is 578 g/mol. The van der Waals surface area contributed by atoms with E-state index in [0.29, 0.717) is 6.42 Å². The number of hydrogen-bond donors (Lipinski definition) is 3. The maximum atomic E-state index is 12.3. The molecule has 1 amide bonds. The molecule has 0 aromatic heterocycles. The summed E-state index contributed by atoms with van der Waals surface area (Å²) in [5.74, 6) is -0.0822. The van der Waals surface area contributed by atoms with Crippen LogP contribution in [0.1, 0.15) is 174 Å². The summed E-state index contributed by atoms with van der Waals surface area (Å²) >= 11 is 0. The van der Waals surface area contributed by atoms with Crippen LogP contribution in [0.15, 0.2) is 72.9 Å². The third kappa shape index (κ3) is 35.0. The van der Waals surface area contributed by atoms with Gasteiger partial charge in [-0.15, -0.1) is 0 Å². The number of nitrogens with one attached hydrogen (secondary N) is 1. The van der Waals surface area contributed by atoms with Gasteiger partial charge in [0.15, 0.2) is 0 Å². The average Bonchev–Trinajstić information content (AvgIpc) is 3.07. The second-order valence-corrected chi connectivity index (χ2v) is 13.0. The first-order chi connectivity index (χ1) is 23.2. The van der Waals surface area contributed by atoms with E-state index in [2.05, 4.69) is 79.9 Å². The van der Waals surface area contributed by atoms with Crippen LogP contribution < -0.4 is 5.32 Å². The normalized spacial score (nSPS) is 13.9. The summed E-state index contributed by atoms with van der Waals surface area (Å²) in [6, 6.07) is -0.638. The lowest BCUT2D eigenvalue weighted by molar-refractivity contribution is -0.123. The number of hydrogen-bond acceptors (Lipinski definition) is 3. The second-order valence-electron chi connectivity index (χ2n) is 13.0. The molecule has 270 valence electrons. The first-order valence-electron chi connectivity index (χ1n) is 19.7. The fourth-order valence-corrected chi connectivity index (χ4v) is 5.40. The summed E-state index contributed by atoms with van der Waals surface area (Å²) in [6.45, 7) is 4.10.